The Hall–Kier alpha value is -2.44. The Morgan fingerprint density at radius 2 is 1.92 bits per heavy atom. The molecule has 0 unspecified atom stereocenters. The number of rotatable bonds is 7. The lowest BCUT2D eigenvalue weighted by Crippen LogP contribution is -1.93. The first-order valence-corrected chi connectivity index (χ1v) is 9.26. The van der Waals surface area contributed by atoms with Crippen molar-refractivity contribution in [3.8, 4) is 17.0 Å². The Labute approximate surface area is 159 Å². The van der Waals surface area contributed by atoms with Crippen LogP contribution in [0.25, 0.3) is 11.3 Å². The molecule has 0 spiro atoms. The predicted octanol–water partition coefficient (Wildman–Crippen LogP) is 5.58. The van der Waals surface area contributed by atoms with Crippen molar-refractivity contribution in [3.63, 3.8) is 0 Å². The topological polar surface area (TPSA) is 46.5 Å². The van der Waals surface area contributed by atoms with Crippen LogP contribution in [0.5, 0.6) is 5.75 Å². The van der Waals surface area contributed by atoms with Gasteiger partial charge in [-0.15, -0.1) is 11.3 Å². The first-order chi connectivity index (χ1) is 12.2. The molecule has 1 N–H and O–H groups in total. The fourth-order valence-corrected chi connectivity index (χ4v) is 2.98. The van der Waals surface area contributed by atoms with Crippen LogP contribution >= 0.6 is 27.3 Å². The summed E-state index contributed by atoms with van der Waals surface area (Å²) in [5.41, 5.74) is 5.95. The number of nitrogens with one attached hydrogen (secondary N) is 1. The molecule has 0 radical (unpaired) electrons. The highest BCUT2D eigenvalue weighted by Gasteiger charge is 2.03. The maximum atomic E-state index is 5.45. The van der Waals surface area contributed by atoms with Crippen LogP contribution in [0.2, 0.25) is 0 Å². The smallest absolute Gasteiger partial charge is 0.203 e. The molecule has 0 aliphatic heterocycles. The monoisotopic (exact) mass is 413 g/mol. The highest BCUT2D eigenvalue weighted by Crippen LogP contribution is 2.26. The quantitative estimate of drug-likeness (QED) is 0.312. The molecule has 6 heteroatoms. The maximum Gasteiger partial charge on any atom is 0.203 e. The molecule has 0 saturated carbocycles. The first kappa shape index (κ1) is 17.4. The number of nitrogens with zero attached hydrogens (tertiary/aromatic N) is 2. The van der Waals surface area contributed by atoms with Crippen LogP contribution in [-0.4, -0.2) is 17.8 Å². The molecule has 3 rings (SSSR count). The fourth-order valence-electron chi connectivity index (χ4n) is 2.05. The van der Waals surface area contributed by atoms with Crippen molar-refractivity contribution in [2.45, 2.75) is 0 Å². The van der Waals surface area contributed by atoms with Gasteiger partial charge in [-0.25, -0.2) is 4.98 Å². The minimum absolute atomic E-state index is 0.500. The predicted molar refractivity (Wildman–Crippen MR) is 109 cm³/mol. The molecule has 4 nitrogen and oxygen atoms in total. The van der Waals surface area contributed by atoms with Gasteiger partial charge in [0.05, 0.1) is 11.9 Å². The van der Waals surface area contributed by atoms with Gasteiger partial charge < -0.3 is 4.74 Å². The molecule has 1 heterocycles. The third-order valence-electron chi connectivity index (χ3n) is 3.27. The summed E-state index contributed by atoms with van der Waals surface area (Å²) in [5.74, 6) is 0.809. The Kier molecular flexibility index (Phi) is 5.98. The highest BCUT2D eigenvalue weighted by atomic mass is 79.9. The van der Waals surface area contributed by atoms with Gasteiger partial charge in [-0.2, -0.15) is 5.10 Å². The number of aromatic nitrogens is 1. The summed E-state index contributed by atoms with van der Waals surface area (Å²) in [5, 5.41) is 6.99. The lowest BCUT2D eigenvalue weighted by Gasteiger charge is -2.02. The number of benzene rings is 2. The summed E-state index contributed by atoms with van der Waals surface area (Å²) >= 11 is 4.95. The molecule has 0 aliphatic rings. The molecule has 3 aromatic rings. The zero-order valence-corrected chi connectivity index (χ0v) is 15.8. The van der Waals surface area contributed by atoms with Crippen molar-refractivity contribution < 1.29 is 4.74 Å². The maximum absolute atomic E-state index is 5.45. The van der Waals surface area contributed by atoms with Crippen molar-refractivity contribution >= 4 is 38.6 Å². The number of ether oxygens (including phenoxy) is 1. The summed E-state index contributed by atoms with van der Waals surface area (Å²) in [6.07, 6.45) is 3.47. The molecule has 0 bridgehead atoms. The Morgan fingerprint density at radius 3 is 2.64 bits per heavy atom. The lowest BCUT2D eigenvalue weighted by atomic mass is 10.2. The van der Waals surface area contributed by atoms with E-state index in [2.05, 4.69) is 38.0 Å². The van der Waals surface area contributed by atoms with E-state index in [9.17, 15) is 0 Å². The Bertz CT molecular complexity index is 857. The molecule has 0 amide bonds. The summed E-state index contributed by atoms with van der Waals surface area (Å²) in [7, 11) is 0. The molecule has 0 saturated heterocycles. The molecular formula is C19H16BrN3OS. The van der Waals surface area contributed by atoms with E-state index in [4.69, 9.17) is 4.74 Å². The number of thiazole rings is 1. The molecule has 2 aromatic carbocycles. The van der Waals surface area contributed by atoms with Crippen LogP contribution in [0, 0.1) is 0 Å². The van der Waals surface area contributed by atoms with E-state index in [1.54, 1.807) is 12.3 Å². The number of hydrogen-bond donors (Lipinski definition) is 1. The van der Waals surface area contributed by atoms with Gasteiger partial charge in [-0.05, 0) is 42.0 Å². The van der Waals surface area contributed by atoms with Gasteiger partial charge in [0.2, 0.25) is 5.13 Å². The van der Waals surface area contributed by atoms with E-state index in [1.807, 2.05) is 53.9 Å². The largest absolute Gasteiger partial charge is 0.490 e. The Balaban J connectivity index is 1.59. The second kappa shape index (κ2) is 8.60. The van der Waals surface area contributed by atoms with E-state index < -0.39 is 0 Å². The van der Waals surface area contributed by atoms with E-state index in [1.165, 1.54) is 11.3 Å². The standard InChI is InChI=1S/C19H16BrN3OS/c1-2-11-24-17-9-3-14(4-10-17)12-21-23-19-22-18(13-25-19)15-5-7-16(20)8-6-15/h2-10,12-13H,1,11H2,(H,22,23)/b21-12-. The Morgan fingerprint density at radius 1 is 1.16 bits per heavy atom. The van der Waals surface area contributed by atoms with Crippen LogP contribution < -0.4 is 10.2 Å². The van der Waals surface area contributed by atoms with E-state index in [-0.39, 0.29) is 0 Å². The van der Waals surface area contributed by atoms with Gasteiger partial charge in [-0.3, -0.25) is 5.43 Å². The van der Waals surface area contributed by atoms with Gasteiger partial charge in [0.15, 0.2) is 0 Å². The average Bonchev–Trinajstić information content (AvgIpc) is 3.10. The minimum atomic E-state index is 0.500. The summed E-state index contributed by atoms with van der Waals surface area (Å²) in [6, 6.07) is 15.8. The van der Waals surface area contributed by atoms with Gasteiger partial charge in [0.1, 0.15) is 12.4 Å². The SMILES string of the molecule is C=CCOc1ccc(/C=N\Nc2nc(-c3ccc(Br)cc3)cs2)cc1. The van der Waals surface area contributed by atoms with E-state index in [0.29, 0.717) is 6.61 Å². The van der Waals surface area contributed by atoms with Crippen molar-refractivity contribution in [2.24, 2.45) is 5.10 Å². The molecule has 0 atom stereocenters. The number of anilines is 1. The normalized spacial score (nSPS) is 10.8. The van der Waals surface area contributed by atoms with E-state index in [0.717, 1.165) is 32.2 Å². The average molecular weight is 414 g/mol. The van der Waals surface area contributed by atoms with Crippen LogP contribution in [0.3, 0.4) is 0 Å². The van der Waals surface area contributed by atoms with Crippen LogP contribution in [0.4, 0.5) is 5.13 Å². The third kappa shape index (κ3) is 5.01. The molecule has 0 fully saturated rings. The first-order valence-electron chi connectivity index (χ1n) is 7.59. The van der Waals surface area contributed by atoms with Gasteiger partial charge in [0.25, 0.3) is 0 Å². The van der Waals surface area contributed by atoms with Crippen LogP contribution in [0.15, 0.2) is 76.1 Å². The molecule has 1 aromatic heterocycles. The molecule has 126 valence electrons. The summed E-state index contributed by atoms with van der Waals surface area (Å²) in [6.45, 7) is 4.13. The second-order valence-electron chi connectivity index (χ2n) is 5.08. The summed E-state index contributed by atoms with van der Waals surface area (Å²) < 4.78 is 6.50. The molecule has 0 aliphatic carbocycles. The van der Waals surface area contributed by atoms with Crippen molar-refractivity contribution in [1.29, 1.82) is 0 Å². The molecular weight excluding hydrogens is 398 g/mol. The number of hydrogen-bond acceptors (Lipinski definition) is 5. The van der Waals surface area contributed by atoms with Gasteiger partial charge >= 0.3 is 0 Å². The van der Waals surface area contributed by atoms with Gasteiger partial charge in [0, 0.05) is 15.4 Å². The zero-order chi connectivity index (χ0) is 17.5. The minimum Gasteiger partial charge on any atom is -0.490 e. The highest BCUT2D eigenvalue weighted by molar-refractivity contribution is 9.10. The fraction of sp³-hybridized carbons (Fsp3) is 0.0526. The number of hydrazone groups is 1. The number of halogens is 1. The van der Waals surface area contributed by atoms with Crippen molar-refractivity contribution in [2.75, 3.05) is 12.0 Å². The van der Waals surface area contributed by atoms with Crippen molar-refractivity contribution in [3.05, 3.63) is 76.6 Å². The molecule has 25 heavy (non-hydrogen) atoms. The second-order valence-corrected chi connectivity index (χ2v) is 6.86. The summed E-state index contributed by atoms with van der Waals surface area (Å²) in [4.78, 5) is 4.54. The van der Waals surface area contributed by atoms with E-state index >= 15 is 0 Å². The van der Waals surface area contributed by atoms with Gasteiger partial charge in [-0.1, -0.05) is 40.7 Å². The lowest BCUT2D eigenvalue weighted by molar-refractivity contribution is 0.363. The van der Waals surface area contributed by atoms with Crippen LogP contribution in [-0.2, 0) is 0 Å². The third-order valence-corrected chi connectivity index (χ3v) is 4.54. The zero-order valence-electron chi connectivity index (χ0n) is 13.4. The van der Waals surface area contributed by atoms with Crippen molar-refractivity contribution in [1.82, 2.24) is 4.98 Å². The van der Waals surface area contributed by atoms with Crippen LogP contribution in [0.1, 0.15) is 5.56 Å².